The highest BCUT2D eigenvalue weighted by atomic mass is 32.1. The number of fused-ring (bicyclic) bond motifs is 1. The summed E-state index contributed by atoms with van der Waals surface area (Å²) in [5.41, 5.74) is 9.05. The molecule has 18 heavy (non-hydrogen) atoms. The van der Waals surface area contributed by atoms with Gasteiger partial charge in [-0.2, -0.15) is 0 Å². The van der Waals surface area contributed by atoms with Crippen LogP contribution in [0.15, 0.2) is 17.5 Å². The summed E-state index contributed by atoms with van der Waals surface area (Å²) in [4.78, 5) is 4.39. The van der Waals surface area contributed by atoms with Gasteiger partial charge in [0.25, 0.3) is 0 Å². The second-order valence-electron chi connectivity index (χ2n) is 4.29. The fourth-order valence-electron chi connectivity index (χ4n) is 2.38. The smallest absolute Gasteiger partial charge is 0.180 e. The van der Waals surface area contributed by atoms with Gasteiger partial charge in [0.05, 0.1) is 5.69 Å². The van der Waals surface area contributed by atoms with E-state index in [-0.39, 0.29) is 0 Å². The van der Waals surface area contributed by atoms with Crippen molar-refractivity contribution in [2.24, 2.45) is 0 Å². The minimum atomic E-state index is 0.622. The molecule has 2 aromatic rings. The van der Waals surface area contributed by atoms with Crippen molar-refractivity contribution in [1.29, 1.82) is 0 Å². The van der Waals surface area contributed by atoms with Crippen LogP contribution in [0.1, 0.15) is 12.8 Å². The first-order valence-corrected chi connectivity index (χ1v) is 6.90. The highest BCUT2D eigenvalue weighted by molar-refractivity contribution is 7.13. The Kier molecular flexibility index (Phi) is 2.80. The zero-order chi connectivity index (χ0) is 12.5. The molecular formula is C14H15N3S. The molecule has 0 saturated heterocycles. The zero-order valence-electron chi connectivity index (χ0n) is 10.2. The number of nitrogen functional groups attached to an aromatic ring is 1. The lowest BCUT2D eigenvalue weighted by atomic mass is 10.0. The number of aromatic nitrogens is 1. The molecule has 92 valence electrons. The molecule has 0 bridgehead atoms. The number of rotatable bonds is 2. The molecule has 0 aliphatic heterocycles. The summed E-state index contributed by atoms with van der Waals surface area (Å²) >= 11 is 1.49. The molecule has 1 aliphatic rings. The number of nitrogens with two attached hydrogens (primary N) is 1. The lowest BCUT2D eigenvalue weighted by Crippen LogP contribution is -2.31. The number of thiazole rings is 1. The van der Waals surface area contributed by atoms with Gasteiger partial charge in [0, 0.05) is 28.9 Å². The molecule has 0 saturated carbocycles. The van der Waals surface area contributed by atoms with Gasteiger partial charge in [-0.25, -0.2) is 4.98 Å². The number of hydrogen-bond donors (Lipinski definition) is 2. The van der Waals surface area contributed by atoms with Crippen molar-refractivity contribution in [3.8, 4) is 11.3 Å². The van der Waals surface area contributed by atoms with E-state index in [1.807, 2.05) is 12.4 Å². The Morgan fingerprint density at radius 3 is 2.67 bits per heavy atom. The maximum Gasteiger partial charge on any atom is 0.180 e. The number of hydrogen-bond acceptors (Lipinski definition) is 4. The molecule has 0 spiro atoms. The maximum atomic E-state index is 5.73. The fourth-order valence-corrected chi connectivity index (χ4v) is 2.95. The highest BCUT2D eigenvalue weighted by Gasteiger charge is 2.08. The summed E-state index contributed by atoms with van der Waals surface area (Å²) in [5.74, 6) is 0. The van der Waals surface area contributed by atoms with Crippen LogP contribution in [0.3, 0.4) is 0 Å². The predicted octanol–water partition coefficient (Wildman–Crippen LogP) is 1.79. The topological polar surface area (TPSA) is 50.9 Å². The van der Waals surface area contributed by atoms with Crippen LogP contribution >= 0.6 is 11.3 Å². The summed E-state index contributed by atoms with van der Waals surface area (Å²) in [6, 6.07) is 4.23. The Hall–Kier alpha value is -1.81. The molecule has 0 amide bonds. The molecule has 4 heteroatoms. The number of nitrogens with one attached hydrogen (secondary N) is 1. The second-order valence-corrected chi connectivity index (χ2v) is 5.18. The van der Waals surface area contributed by atoms with Crippen LogP contribution in [0.2, 0.25) is 0 Å². The van der Waals surface area contributed by atoms with E-state index in [1.54, 1.807) is 0 Å². The Balaban J connectivity index is 2.31. The molecule has 0 fully saturated rings. The van der Waals surface area contributed by atoms with Crippen molar-refractivity contribution < 1.29 is 0 Å². The van der Waals surface area contributed by atoms with E-state index in [0.717, 1.165) is 18.5 Å². The third-order valence-electron chi connectivity index (χ3n) is 3.22. The lowest BCUT2D eigenvalue weighted by Gasteiger charge is -2.09. The van der Waals surface area contributed by atoms with E-state index in [2.05, 4.69) is 34.6 Å². The van der Waals surface area contributed by atoms with E-state index < -0.39 is 0 Å². The molecule has 1 aromatic heterocycles. The van der Waals surface area contributed by atoms with Crippen LogP contribution < -0.4 is 21.5 Å². The first kappa shape index (κ1) is 11.3. The van der Waals surface area contributed by atoms with Gasteiger partial charge in [0.2, 0.25) is 0 Å². The van der Waals surface area contributed by atoms with Crippen LogP contribution in [-0.2, 0) is 0 Å². The summed E-state index contributed by atoms with van der Waals surface area (Å²) in [5, 5.41) is 8.45. The van der Waals surface area contributed by atoms with Gasteiger partial charge >= 0.3 is 0 Å². The predicted molar refractivity (Wildman–Crippen MR) is 78.9 cm³/mol. The Bertz CT molecular complexity index is 700. The minimum absolute atomic E-state index is 0.622. The van der Waals surface area contributed by atoms with Crippen LogP contribution in [-0.4, -0.2) is 12.0 Å². The summed E-state index contributed by atoms with van der Waals surface area (Å²) in [6.07, 6.45) is 6.78. The van der Waals surface area contributed by atoms with E-state index >= 15 is 0 Å². The Morgan fingerprint density at radius 1 is 1.22 bits per heavy atom. The molecule has 0 radical (unpaired) electrons. The van der Waals surface area contributed by atoms with E-state index in [4.69, 9.17) is 5.73 Å². The number of anilines is 2. The number of nitrogens with zero attached hydrogens (tertiary/aromatic N) is 1. The third kappa shape index (κ3) is 1.78. The van der Waals surface area contributed by atoms with Gasteiger partial charge in [-0.15, -0.1) is 11.3 Å². The first-order chi connectivity index (χ1) is 8.79. The molecule has 3 nitrogen and oxygen atoms in total. The molecule has 1 heterocycles. The van der Waals surface area contributed by atoms with Gasteiger partial charge in [-0.3, -0.25) is 0 Å². The molecule has 1 aromatic carbocycles. The standard InChI is InChI=1S/C14H15N3S/c1-16-12-7-6-11(13-8-18-14(15)17-13)9-4-2-3-5-10(9)12/h4-8,16H,2-3H2,1H3,(H2,15,17). The lowest BCUT2D eigenvalue weighted by molar-refractivity contribution is 1.12. The third-order valence-corrected chi connectivity index (χ3v) is 3.89. The van der Waals surface area contributed by atoms with E-state index in [9.17, 15) is 0 Å². The Morgan fingerprint density at radius 2 is 2.00 bits per heavy atom. The van der Waals surface area contributed by atoms with Gasteiger partial charge in [-0.05, 0) is 24.1 Å². The first-order valence-electron chi connectivity index (χ1n) is 6.02. The fraction of sp³-hybridized carbons (Fsp3) is 0.214. The summed E-state index contributed by atoms with van der Waals surface area (Å²) in [7, 11) is 1.96. The van der Waals surface area contributed by atoms with Crippen LogP contribution in [0.25, 0.3) is 23.4 Å². The molecule has 1 aliphatic carbocycles. The largest absolute Gasteiger partial charge is 0.388 e. The average molecular weight is 257 g/mol. The van der Waals surface area contributed by atoms with Crippen molar-refractivity contribution in [1.82, 2.24) is 4.98 Å². The van der Waals surface area contributed by atoms with Crippen molar-refractivity contribution in [2.45, 2.75) is 12.8 Å². The monoisotopic (exact) mass is 257 g/mol. The normalized spacial score (nSPS) is 13.4. The quantitative estimate of drug-likeness (QED) is 0.862. The second kappa shape index (κ2) is 4.46. The van der Waals surface area contributed by atoms with Gasteiger partial charge in [-0.1, -0.05) is 18.2 Å². The molecule has 3 rings (SSSR count). The zero-order valence-corrected chi connectivity index (χ0v) is 11.1. The highest BCUT2D eigenvalue weighted by Crippen LogP contribution is 2.21. The molecule has 3 N–H and O–H groups in total. The summed E-state index contributed by atoms with van der Waals surface area (Å²) < 4.78 is 0. The van der Waals surface area contributed by atoms with Crippen LogP contribution in [0.4, 0.5) is 10.8 Å². The van der Waals surface area contributed by atoms with Gasteiger partial charge in [0.1, 0.15) is 0 Å². The SMILES string of the molecule is CNc1ccc(-c2csc(N)n2)c2c1=CCCC=2. The molecule has 0 unspecified atom stereocenters. The summed E-state index contributed by atoms with van der Waals surface area (Å²) in [6.45, 7) is 0. The van der Waals surface area contributed by atoms with Crippen molar-refractivity contribution in [3.63, 3.8) is 0 Å². The van der Waals surface area contributed by atoms with E-state index in [1.165, 1.54) is 33.0 Å². The van der Waals surface area contributed by atoms with Gasteiger partial charge in [0.15, 0.2) is 5.13 Å². The average Bonchev–Trinajstić information content (AvgIpc) is 2.84. The van der Waals surface area contributed by atoms with Crippen molar-refractivity contribution >= 4 is 34.3 Å². The molecule has 0 atom stereocenters. The minimum Gasteiger partial charge on any atom is -0.388 e. The van der Waals surface area contributed by atoms with Crippen LogP contribution in [0, 0.1) is 0 Å². The molecular weight excluding hydrogens is 242 g/mol. The van der Waals surface area contributed by atoms with Crippen molar-refractivity contribution in [3.05, 3.63) is 28.0 Å². The maximum absolute atomic E-state index is 5.73. The van der Waals surface area contributed by atoms with Crippen LogP contribution in [0.5, 0.6) is 0 Å². The van der Waals surface area contributed by atoms with Crippen molar-refractivity contribution in [2.75, 3.05) is 18.1 Å². The number of benzene rings is 1. The Labute approximate surface area is 110 Å². The van der Waals surface area contributed by atoms with E-state index in [0.29, 0.717) is 5.13 Å². The van der Waals surface area contributed by atoms with Gasteiger partial charge < -0.3 is 11.1 Å².